The first-order chi connectivity index (χ1) is 11.2. The van der Waals surface area contributed by atoms with Gasteiger partial charge in [-0.05, 0) is 12.1 Å². The molecule has 2 aliphatic rings. The SMILES string of the molecule is Cl.O=[N+]([O-])C1CNNC1c1nc(Nc2ccc3c(c2)OCO3)n[nH]1. The number of nitro groups is 1. The Labute approximate surface area is 141 Å². The molecule has 1 saturated heterocycles. The zero-order valence-electron chi connectivity index (χ0n) is 12.2. The van der Waals surface area contributed by atoms with Crippen LogP contribution in [0.1, 0.15) is 11.9 Å². The van der Waals surface area contributed by atoms with Crippen molar-refractivity contribution in [3.63, 3.8) is 0 Å². The molecule has 1 fully saturated rings. The molecule has 4 N–H and O–H groups in total. The third-order valence-electron chi connectivity index (χ3n) is 3.65. The number of H-pyrrole nitrogens is 1. The molecule has 1 aromatic carbocycles. The number of anilines is 2. The van der Waals surface area contributed by atoms with Crippen LogP contribution >= 0.6 is 12.4 Å². The summed E-state index contributed by atoms with van der Waals surface area (Å²) in [6, 6.07) is 3.99. The Morgan fingerprint density at radius 3 is 3.00 bits per heavy atom. The minimum absolute atomic E-state index is 0. The molecule has 0 saturated carbocycles. The van der Waals surface area contributed by atoms with Crippen LogP contribution in [0.25, 0.3) is 0 Å². The summed E-state index contributed by atoms with van der Waals surface area (Å²) in [5, 5.41) is 20.8. The average Bonchev–Trinajstić information content (AvgIpc) is 3.26. The van der Waals surface area contributed by atoms with E-state index < -0.39 is 12.1 Å². The van der Waals surface area contributed by atoms with Gasteiger partial charge in [-0.15, -0.1) is 17.5 Å². The van der Waals surface area contributed by atoms with E-state index in [1.54, 1.807) is 18.2 Å². The van der Waals surface area contributed by atoms with Gasteiger partial charge in [0.05, 0.1) is 6.54 Å². The molecule has 12 heteroatoms. The standard InChI is InChI=1S/C12H13N7O4.ClH/c20-19(21)7-4-13-16-10(7)11-15-12(18-17-11)14-6-1-2-8-9(3-6)23-5-22-8;/h1-3,7,10,13,16H,4-5H2,(H2,14,15,17,18);1H. The largest absolute Gasteiger partial charge is 0.454 e. The molecular weight excluding hydrogens is 342 g/mol. The lowest BCUT2D eigenvalue weighted by atomic mass is 10.1. The highest BCUT2D eigenvalue weighted by molar-refractivity contribution is 5.85. The summed E-state index contributed by atoms with van der Waals surface area (Å²) in [5.74, 6) is 2.02. The van der Waals surface area contributed by atoms with Crippen molar-refractivity contribution in [1.82, 2.24) is 26.0 Å². The number of aromatic nitrogens is 3. The Kier molecular flexibility index (Phi) is 4.38. The van der Waals surface area contributed by atoms with Crippen LogP contribution < -0.4 is 25.6 Å². The van der Waals surface area contributed by atoms with Gasteiger partial charge in [0.2, 0.25) is 18.8 Å². The summed E-state index contributed by atoms with van der Waals surface area (Å²) in [4.78, 5) is 14.9. The molecule has 3 heterocycles. The summed E-state index contributed by atoms with van der Waals surface area (Å²) in [5.41, 5.74) is 6.31. The molecule has 24 heavy (non-hydrogen) atoms. The smallest absolute Gasteiger partial charge is 0.250 e. The predicted molar refractivity (Wildman–Crippen MR) is 84.1 cm³/mol. The lowest BCUT2D eigenvalue weighted by Crippen LogP contribution is -2.30. The summed E-state index contributed by atoms with van der Waals surface area (Å²) in [6.07, 6.45) is 0. The lowest BCUT2D eigenvalue weighted by molar-refractivity contribution is -0.521. The van der Waals surface area contributed by atoms with Gasteiger partial charge >= 0.3 is 0 Å². The summed E-state index contributed by atoms with van der Waals surface area (Å²) >= 11 is 0. The van der Waals surface area contributed by atoms with Crippen LogP contribution in [0.5, 0.6) is 11.5 Å². The molecule has 4 rings (SSSR count). The summed E-state index contributed by atoms with van der Waals surface area (Å²) in [6.45, 7) is 0.426. The van der Waals surface area contributed by atoms with Crippen molar-refractivity contribution < 1.29 is 14.4 Å². The molecule has 11 nitrogen and oxygen atoms in total. The van der Waals surface area contributed by atoms with Crippen molar-refractivity contribution in [1.29, 1.82) is 0 Å². The lowest BCUT2D eigenvalue weighted by Gasteiger charge is -2.08. The first kappa shape index (κ1) is 16.2. The average molecular weight is 356 g/mol. The van der Waals surface area contributed by atoms with Crippen molar-refractivity contribution in [2.45, 2.75) is 12.1 Å². The Bertz CT molecular complexity index is 755. The summed E-state index contributed by atoms with van der Waals surface area (Å²) < 4.78 is 10.5. The van der Waals surface area contributed by atoms with Crippen molar-refractivity contribution in [3.05, 3.63) is 34.1 Å². The molecule has 2 aliphatic heterocycles. The molecule has 0 bridgehead atoms. The molecule has 0 aliphatic carbocycles. The zero-order valence-corrected chi connectivity index (χ0v) is 13.0. The number of halogens is 1. The van der Waals surface area contributed by atoms with Crippen molar-refractivity contribution in [3.8, 4) is 11.5 Å². The first-order valence-electron chi connectivity index (χ1n) is 6.91. The van der Waals surface area contributed by atoms with Gasteiger partial charge in [-0.25, -0.2) is 10.9 Å². The van der Waals surface area contributed by atoms with Crippen LogP contribution in [0, 0.1) is 10.1 Å². The molecule has 0 spiro atoms. The second-order valence-electron chi connectivity index (χ2n) is 5.09. The highest BCUT2D eigenvalue weighted by atomic mass is 35.5. The van der Waals surface area contributed by atoms with E-state index in [1.807, 2.05) is 0 Å². The third-order valence-corrected chi connectivity index (χ3v) is 3.65. The fraction of sp³-hybridized carbons (Fsp3) is 0.333. The van der Waals surface area contributed by atoms with Crippen molar-refractivity contribution >= 4 is 24.0 Å². The number of fused-ring (bicyclic) bond motifs is 1. The van der Waals surface area contributed by atoms with E-state index in [4.69, 9.17) is 9.47 Å². The highest BCUT2D eigenvalue weighted by Crippen LogP contribution is 2.34. The number of hydrogen-bond acceptors (Lipinski definition) is 9. The number of ether oxygens (including phenoxy) is 2. The Hall–Kier alpha value is -2.63. The molecule has 128 valence electrons. The van der Waals surface area contributed by atoms with E-state index in [2.05, 4.69) is 31.3 Å². The van der Waals surface area contributed by atoms with Crippen molar-refractivity contribution in [2.24, 2.45) is 0 Å². The van der Waals surface area contributed by atoms with Crippen LogP contribution in [0.3, 0.4) is 0 Å². The number of rotatable bonds is 4. The maximum absolute atomic E-state index is 11.0. The molecule has 1 aromatic heterocycles. The molecule has 2 unspecified atom stereocenters. The molecule has 0 radical (unpaired) electrons. The topological polar surface area (TPSA) is 139 Å². The molecule has 2 atom stereocenters. The van der Waals surface area contributed by atoms with Crippen LogP contribution in [-0.4, -0.2) is 39.5 Å². The first-order valence-corrected chi connectivity index (χ1v) is 6.91. The van der Waals surface area contributed by atoms with E-state index in [9.17, 15) is 10.1 Å². The molecule has 2 aromatic rings. The van der Waals surface area contributed by atoms with Crippen LogP contribution in [-0.2, 0) is 0 Å². The maximum atomic E-state index is 11.0. The van der Waals surface area contributed by atoms with Gasteiger partial charge in [0.15, 0.2) is 17.3 Å². The second kappa shape index (κ2) is 6.47. The number of hydrazine groups is 1. The van der Waals surface area contributed by atoms with E-state index in [-0.39, 0.29) is 30.7 Å². The Morgan fingerprint density at radius 1 is 1.33 bits per heavy atom. The third kappa shape index (κ3) is 2.91. The molecule has 0 amide bonds. The highest BCUT2D eigenvalue weighted by Gasteiger charge is 2.39. The monoisotopic (exact) mass is 355 g/mol. The van der Waals surface area contributed by atoms with Gasteiger partial charge < -0.3 is 14.8 Å². The van der Waals surface area contributed by atoms with Crippen LogP contribution in [0.4, 0.5) is 11.6 Å². The van der Waals surface area contributed by atoms with E-state index >= 15 is 0 Å². The normalized spacial score (nSPS) is 21.3. The minimum atomic E-state index is -0.804. The quantitative estimate of drug-likeness (QED) is 0.455. The van der Waals surface area contributed by atoms with Crippen molar-refractivity contribution in [2.75, 3.05) is 18.7 Å². The van der Waals surface area contributed by atoms with Gasteiger partial charge in [-0.1, -0.05) is 0 Å². The number of nitrogens with zero attached hydrogens (tertiary/aromatic N) is 3. The second-order valence-corrected chi connectivity index (χ2v) is 5.09. The fourth-order valence-corrected chi connectivity index (χ4v) is 2.51. The van der Waals surface area contributed by atoms with Gasteiger partial charge in [-0.2, -0.15) is 4.98 Å². The van der Waals surface area contributed by atoms with Crippen LogP contribution in [0.2, 0.25) is 0 Å². The Morgan fingerprint density at radius 2 is 2.17 bits per heavy atom. The van der Waals surface area contributed by atoms with Gasteiger partial charge in [0.1, 0.15) is 6.04 Å². The zero-order chi connectivity index (χ0) is 15.8. The van der Waals surface area contributed by atoms with E-state index in [0.29, 0.717) is 23.3 Å². The number of aromatic amines is 1. The van der Waals surface area contributed by atoms with Crippen LogP contribution in [0.15, 0.2) is 18.2 Å². The number of nitrogens with one attached hydrogen (secondary N) is 4. The number of benzene rings is 1. The van der Waals surface area contributed by atoms with E-state index in [1.165, 1.54) is 0 Å². The molecular formula is C12H14ClN7O4. The van der Waals surface area contributed by atoms with Gasteiger partial charge in [0.25, 0.3) is 0 Å². The Balaban J connectivity index is 0.00000169. The van der Waals surface area contributed by atoms with E-state index in [0.717, 1.165) is 5.69 Å². The summed E-state index contributed by atoms with van der Waals surface area (Å²) in [7, 11) is 0. The van der Waals surface area contributed by atoms with Gasteiger partial charge in [-0.3, -0.25) is 15.2 Å². The maximum Gasteiger partial charge on any atom is 0.250 e. The predicted octanol–water partition coefficient (Wildman–Crippen LogP) is 0.493. The minimum Gasteiger partial charge on any atom is -0.454 e. The van der Waals surface area contributed by atoms with Gasteiger partial charge in [0, 0.05) is 16.7 Å². The fourth-order valence-electron chi connectivity index (χ4n) is 2.51. The number of hydrogen-bond donors (Lipinski definition) is 4.